The Hall–Kier alpha value is -2.61. The largest absolute Gasteiger partial charge is 0.345 e. The summed E-state index contributed by atoms with van der Waals surface area (Å²) < 4.78 is 0. The minimum absolute atomic E-state index is 0.0209. The lowest BCUT2D eigenvalue weighted by molar-refractivity contribution is -0.132. The van der Waals surface area contributed by atoms with Gasteiger partial charge in [-0.05, 0) is 48.9 Å². The molecule has 1 aromatic heterocycles. The van der Waals surface area contributed by atoms with E-state index >= 15 is 0 Å². The summed E-state index contributed by atoms with van der Waals surface area (Å²) in [7, 11) is 0. The number of ketones is 1. The molecule has 32 heavy (non-hydrogen) atoms. The first-order valence-corrected chi connectivity index (χ1v) is 11.8. The predicted octanol–water partition coefficient (Wildman–Crippen LogP) is 2.43. The molecular weight excluding hydrogens is 404 g/mol. The maximum atomic E-state index is 13.3. The van der Waals surface area contributed by atoms with Crippen LogP contribution in [0, 0.1) is 5.92 Å². The standard InChI is InChI=1S/C24H36N6O2/c1-4-23-26-28-30(27-23)17-22(31)20(16-18(2)3)25-24(32)21-12-8-9-14-29(21)15-13-19-10-6-5-7-11-19/h5-7,10-11,18,20-21H,4,8-9,12-17H2,1-3H3,(H,25,32)/t20-,21-/m0/s1. The van der Waals surface area contributed by atoms with Gasteiger partial charge in [0.2, 0.25) is 5.91 Å². The summed E-state index contributed by atoms with van der Waals surface area (Å²) >= 11 is 0. The second kappa shape index (κ2) is 11.9. The molecule has 1 aromatic carbocycles. The van der Waals surface area contributed by atoms with Crippen LogP contribution < -0.4 is 5.32 Å². The SMILES string of the molecule is CCc1nnn(CC(=O)[C@H](CC(C)C)NC(=O)[C@@H]2CCCCN2CCc2ccccc2)n1. The van der Waals surface area contributed by atoms with E-state index < -0.39 is 6.04 Å². The molecule has 1 saturated heterocycles. The van der Waals surface area contributed by atoms with Crippen molar-refractivity contribution in [2.75, 3.05) is 13.1 Å². The average molecular weight is 441 g/mol. The lowest BCUT2D eigenvalue weighted by Gasteiger charge is -2.35. The van der Waals surface area contributed by atoms with Crippen LogP contribution in [0.5, 0.6) is 0 Å². The first-order chi connectivity index (χ1) is 15.5. The van der Waals surface area contributed by atoms with Gasteiger partial charge in [-0.3, -0.25) is 14.5 Å². The van der Waals surface area contributed by atoms with E-state index in [1.54, 1.807) is 0 Å². The van der Waals surface area contributed by atoms with Crippen molar-refractivity contribution in [3.05, 3.63) is 41.7 Å². The summed E-state index contributed by atoms with van der Waals surface area (Å²) in [6, 6.07) is 9.63. The van der Waals surface area contributed by atoms with Gasteiger partial charge in [0.1, 0.15) is 6.54 Å². The van der Waals surface area contributed by atoms with E-state index in [1.165, 1.54) is 10.4 Å². The van der Waals surface area contributed by atoms with Gasteiger partial charge >= 0.3 is 0 Å². The summed E-state index contributed by atoms with van der Waals surface area (Å²) in [5.41, 5.74) is 1.27. The molecule has 8 heteroatoms. The quantitative estimate of drug-likeness (QED) is 0.577. The van der Waals surface area contributed by atoms with E-state index in [2.05, 4.69) is 51.6 Å². The van der Waals surface area contributed by atoms with Gasteiger partial charge in [-0.25, -0.2) is 0 Å². The highest BCUT2D eigenvalue weighted by atomic mass is 16.2. The number of carbonyl (C=O) groups is 2. The Balaban J connectivity index is 1.62. The number of carbonyl (C=O) groups excluding carboxylic acids is 2. The zero-order valence-corrected chi connectivity index (χ0v) is 19.5. The molecule has 0 radical (unpaired) electrons. The number of hydrogen-bond donors (Lipinski definition) is 1. The number of piperidine rings is 1. The molecule has 8 nitrogen and oxygen atoms in total. The fourth-order valence-electron chi connectivity index (χ4n) is 4.22. The summed E-state index contributed by atoms with van der Waals surface area (Å²) in [6.07, 6.45) is 5.14. The number of rotatable bonds is 11. The third-order valence-corrected chi connectivity index (χ3v) is 5.97. The average Bonchev–Trinajstić information content (AvgIpc) is 3.25. The van der Waals surface area contributed by atoms with Crippen LogP contribution in [0.1, 0.15) is 57.8 Å². The number of likely N-dealkylation sites (tertiary alicyclic amines) is 1. The Morgan fingerprint density at radius 2 is 1.97 bits per heavy atom. The van der Waals surface area contributed by atoms with E-state index in [-0.39, 0.29) is 30.2 Å². The molecule has 1 aliphatic rings. The van der Waals surface area contributed by atoms with E-state index in [9.17, 15) is 9.59 Å². The van der Waals surface area contributed by atoms with Crippen molar-refractivity contribution in [1.82, 2.24) is 30.4 Å². The molecule has 2 atom stereocenters. The van der Waals surface area contributed by atoms with Gasteiger partial charge in [-0.15, -0.1) is 10.2 Å². The molecule has 0 aliphatic carbocycles. The van der Waals surface area contributed by atoms with Crippen molar-refractivity contribution in [3.8, 4) is 0 Å². The minimum Gasteiger partial charge on any atom is -0.345 e. The third-order valence-electron chi connectivity index (χ3n) is 5.97. The van der Waals surface area contributed by atoms with Gasteiger partial charge in [-0.2, -0.15) is 4.80 Å². The van der Waals surface area contributed by atoms with Gasteiger partial charge in [0.25, 0.3) is 0 Å². The molecular formula is C24H36N6O2. The van der Waals surface area contributed by atoms with Gasteiger partial charge in [-0.1, -0.05) is 57.5 Å². The highest BCUT2D eigenvalue weighted by Gasteiger charge is 2.31. The van der Waals surface area contributed by atoms with Gasteiger partial charge in [0, 0.05) is 13.0 Å². The monoisotopic (exact) mass is 440 g/mol. The summed E-state index contributed by atoms with van der Waals surface area (Å²) in [5.74, 6) is 0.759. The molecule has 1 N–H and O–H groups in total. The van der Waals surface area contributed by atoms with Crippen molar-refractivity contribution < 1.29 is 9.59 Å². The van der Waals surface area contributed by atoms with Crippen LogP contribution in [0.4, 0.5) is 0 Å². The lowest BCUT2D eigenvalue weighted by Crippen LogP contribution is -2.54. The number of aromatic nitrogens is 4. The number of nitrogens with one attached hydrogen (secondary N) is 1. The minimum atomic E-state index is -0.545. The number of aryl methyl sites for hydroxylation is 1. The van der Waals surface area contributed by atoms with Crippen LogP contribution in [0.2, 0.25) is 0 Å². The van der Waals surface area contributed by atoms with Crippen LogP contribution in [0.15, 0.2) is 30.3 Å². The Labute approximate surface area is 190 Å². The van der Waals surface area contributed by atoms with Gasteiger partial charge < -0.3 is 5.32 Å². The molecule has 0 bridgehead atoms. The fourth-order valence-corrected chi connectivity index (χ4v) is 4.22. The Kier molecular flexibility index (Phi) is 8.90. The predicted molar refractivity (Wildman–Crippen MR) is 123 cm³/mol. The molecule has 1 amide bonds. The molecule has 2 heterocycles. The van der Waals surface area contributed by atoms with Crippen molar-refractivity contribution in [2.45, 2.75) is 77.9 Å². The third kappa shape index (κ3) is 6.95. The Morgan fingerprint density at radius 1 is 1.19 bits per heavy atom. The molecule has 0 spiro atoms. The van der Waals surface area contributed by atoms with Crippen LogP contribution in [0.25, 0.3) is 0 Å². The maximum absolute atomic E-state index is 13.3. The molecule has 174 valence electrons. The number of tetrazole rings is 1. The number of amides is 1. The highest BCUT2D eigenvalue weighted by molar-refractivity contribution is 5.90. The van der Waals surface area contributed by atoms with Crippen LogP contribution in [-0.2, 0) is 29.0 Å². The maximum Gasteiger partial charge on any atom is 0.237 e. The topological polar surface area (TPSA) is 93.0 Å². The van der Waals surface area contributed by atoms with Crippen LogP contribution in [-0.4, -0.2) is 62.0 Å². The van der Waals surface area contributed by atoms with E-state index in [1.807, 2.05) is 25.1 Å². The van der Waals surface area contributed by atoms with Crippen molar-refractivity contribution >= 4 is 11.7 Å². The molecule has 1 fully saturated rings. The zero-order valence-electron chi connectivity index (χ0n) is 19.5. The second-order valence-corrected chi connectivity index (χ2v) is 9.03. The Morgan fingerprint density at radius 3 is 2.66 bits per heavy atom. The van der Waals surface area contributed by atoms with Crippen LogP contribution in [0.3, 0.4) is 0 Å². The van der Waals surface area contributed by atoms with E-state index in [4.69, 9.17) is 0 Å². The van der Waals surface area contributed by atoms with E-state index in [0.29, 0.717) is 18.7 Å². The molecule has 1 aliphatic heterocycles. The number of hydrogen-bond acceptors (Lipinski definition) is 6. The number of nitrogens with zero attached hydrogens (tertiary/aromatic N) is 5. The second-order valence-electron chi connectivity index (χ2n) is 9.03. The van der Waals surface area contributed by atoms with Crippen molar-refractivity contribution in [3.63, 3.8) is 0 Å². The Bertz CT molecular complexity index is 866. The van der Waals surface area contributed by atoms with Crippen molar-refractivity contribution in [1.29, 1.82) is 0 Å². The fraction of sp³-hybridized carbons (Fsp3) is 0.625. The summed E-state index contributed by atoms with van der Waals surface area (Å²) in [4.78, 5) is 29.9. The number of Topliss-reactive ketones (excluding diaryl/α,β-unsaturated/α-hetero) is 1. The highest BCUT2D eigenvalue weighted by Crippen LogP contribution is 2.19. The molecule has 0 unspecified atom stereocenters. The van der Waals surface area contributed by atoms with Gasteiger partial charge in [0.15, 0.2) is 11.6 Å². The number of benzene rings is 1. The summed E-state index contributed by atoms with van der Waals surface area (Å²) in [5, 5.41) is 15.2. The smallest absolute Gasteiger partial charge is 0.237 e. The molecule has 0 saturated carbocycles. The van der Waals surface area contributed by atoms with Gasteiger partial charge in [0.05, 0.1) is 12.1 Å². The van der Waals surface area contributed by atoms with Crippen LogP contribution >= 0.6 is 0 Å². The molecule has 2 aromatic rings. The summed E-state index contributed by atoms with van der Waals surface area (Å²) in [6.45, 7) is 7.83. The van der Waals surface area contributed by atoms with Crippen molar-refractivity contribution in [2.24, 2.45) is 5.92 Å². The first kappa shape index (κ1) is 24.0. The lowest BCUT2D eigenvalue weighted by atomic mass is 9.97. The zero-order chi connectivity index (χ0) is 22.9. The first-order valence-electron chi connectivity index (χ1n) is 11.8. The molecule has 3 rings (SSSR count). The van der Waals surface area contributed by atoms with E-state index in [0.717, 1.165) is 38.8 Å². The normalized spacial score (nSPS) is 17.9.